The van der Waals surface area contributed by atoms with Crippen LogP contribution < -0.4 is 10.6 Å². The van der Waals surface area contributed by atoms with Crippen LogP contribution in [0.5, 0.6) is 0 Å². The molecule has 0 saturated heterocycles. The first-order valence-electron chi connectivity index (χ1n) is 13.5. The topological polar surface area (TPSA) is 143 Å². The molecule has 0 aromatic rings. The standard InChI is InChI=1S/C31H39N7/c1-6-24-25(22(17-32)18-33)13-30(2,3)15-28(24)37-11-9-7-8-10-12-38-29-16-31(4,5)14-26(27(29)21-36)23(19-34)20-35/h37-38H,6-16H2,1-5H3. The Morgan fingerprint density at radius 1 is 0.658 bits per heavy atom. The lowest BCUT2D eigenvalue weighted by Gasteiger charge is -2.35. The molecule has 2 rings (SSSR count). The van der Waals surface area contributed by atoms with Gasteiger partial charge in [0.05, 0.1) is 5.57 Å². The molecule has 2 N–H and O–H groups in total. The molecule has 0 spiro atoms. The highest BCUT2D eigenvalue weighted by Crippen LogP contribution is 2.43. The van der Waals surface area contributed by atoms with Crippen molar-refractivity contribution in [3.05, 3.63) is 44.8 Å². The Kier molecular flexibility index (Phi) is 10.8. The fourth-order valence-corrected chi connectivity index (χ4v) is 5.53. The Labute approximate surface area is 228 Å². The number of nitriles is 5. The molecule has 2 aliphatic carbocycles. The molecular weight excluding hydrogens is 470 g/mol. The van der Waals surface area contributed by atoms with E-state index >= 15 is 0 Å². The lowest BCUT2D eigenvalue weighted by Crippen LogP contribution is -2.29. The van der Waals surface area contributed by atoms with Crippen LogP contribution in [0.2, 0.25) is 0 Å². The normalized spacial score (nSPS) is 17.9. The van der Waals surface area contributed by atoms with Gasteiger partial charge in [0.25, 0.3) is 0 Å². The van der Waals surface area contributed by atoms with E-state index in [0.29, 0.717) is 24.0 Å². The van der Waals surface area contributed by atoms with Crippen molar-refractivity contribution in [3.8, 4) is 30.3 Å². The zero-order valence-corrected chi connectivity index (χ0v) is 23.5. The van der Waals surface area contributed by atoms with Crippen molar-refractivity contribution in [2.45, 2.75) is 92.4 Å². The van der Waals surface area contributed by atoms with Gasteiger partial charge in [-0.2, -0.15) is 26.3 Å². The molecule has 38 heavy (non-hydrogen) atoms. The molecule has 7 nitrogen and oxygen atoms in total. The van der Waals surface area contributed by atoms with Gasteiger partial charge in [-0.3, -0.25) is 0 Å². The fourth-order valence-electron chi connectivity index (χ4n) is 5.53. The highest BCUT2D eigenvalue weighted by atomic mass is 14.9. The van der Waals surface area contributed by atoms with E-state index in [1.165, 1.54) is 0 Å². The minimum atomic E-state index is -0.126. The van der Waals surface area contributed by atoms with Gasteiger partial charge in [-0.25, -0.2) is 0 Å². The van der Waals surface area contributed by atoms with E-state index in [0.717, 1.165) is 80.6 Å². The number of unbranched alkanes of at least 4 members (excludes halogenated alkanes) is 3. The van der Waals surface area contributed by atoms with Crippen LogP contribution in [0.15, 0.2) is 44.8 Å². The zero-order valence-electron chi connectivity index (χ0n) is 23.5. The van der Waals surface area contributed by atoms with E-state index in [4.69, 9.17) is 0 Å². The van der Waals surface area contributed by atoms with Crippen molar-refractivity contribution in [3.63, 3.8) is 0 Å². The quantitative estimate of drug-likeness (QED) is 0.253. The minimum absolute atomic E-state index is 0.00189. The van der Waals surface area contributed by atoms with Crippen molar-refractivity contribution in [2.75, 3.05) is 13.1 Å². The number of hydrogen-bond acceptors (Lipinski definition) is 7. The average molecular weight is 510 g/mol. The summed E-state index contributed by atoms with van der Waals surface area (Å²) >= 11 is 0. The first-order valence-corrected chi connectivity index (χ1v) is 13.5. The van der Waals surface area contributed by atoms with E-state index in [1.54, 1.807) is 0 Å². The van der Waals surface area contributed by atoms with Gasteiger partial charge in [0, 0.05) is 30.1 Å². The lowest BCUT2D eigenvalue weighted by molar-refractivity contribution is 0.334. The third-order valence-corrected chi connectivity index (χ3v) is 7.25. The molecule has 0 fully saturated rings. The van der Waals surface area contributed by atoms with Gasteiger partial charge in [-0.15, -0.1) is 0 Å². The molecule has 2 aliphatic rings. The zero-order chi connectivity index (χ0) is 28.3. The molecule has 0 unspecified atom stereocenters. The number of nitrogens with one attached hydrogen (secondary N) is 2. The second-order valence-corrected chi connectivity index (χ2v) is 11.7. The first-order chi connectivity index (χ1) is 18.1. The molecule has 0 heterocycles. The van der Waals surface area contributed by atoms with Crippen LogP contribution in [-0.2, 0) is 0 Å². The summed E-state index contributed by atoms with van der Waals surface area (Å²) < 4.78 is 0. The van der Waals surface area contributed by atoms with Gasteiger partial charge in [0.1, 0.15) is 41.5 Å². The van der Waals surface area contributed by atoms with E-state index in [-0.39, 0.29) is 22.0 Å². The van der Waals surface area contributed by atoms with E-state index in [9.17, 15) is 26.3 Å². The highest BCUT2D eigenvalue weighted by molar-refractivity contribution is 5.57. The van der Waals surface area contributed by atoms with Gasteiger partial charge in [0.15, 0.2) is 0 Å². The molecule has 0 saturated carbocycles. The largest absolute Gasteiger partial charge is 0.388 e. The maximum Gasteiger partial charge on any atom is 0.134 e. The lowest BCUT2D eigenvalue weighted by atomic mass is 9.72. The predicted octanol–water partition coefficient (Wildman–Crippen LogP) is 6.50. The summed E-state index contributed by atoms with van der Waals surface area (Å²) in [6, 6.07) is 10.3. The van der Waals surface area contributed by atoms with Crippen LogP contribution in [0.1, 0.15) is 92.4 Å². The van der Waals surface area contributed by atoms with Crippen LogP contribution in [0, 0.1) is 67.5 Å². The second-order valence-electron chi connectivity index (χ2n) is 11.7. The summed E-state index contributed by atoms with van der Waals surface area (Å²) in [6.07, 6.45) is 7.80. The van der Waals surface area contributed by atoms with Crippen LogP contribution in [0.4, 0.5) is 0 Å². The Balaban J connectivity index is 1.92. The maximum absolute atomic E-state index is 9.75. The van der Waals surface area contributed by atoms with Crippen molar-refractivity contribution >= 4 is 0 Å². The van der Waals surface area contributed by atoms with Gasteiger partial charge in [-0.05, 0) is 66.9 Å². The molecule has 0 atom stereocenters. The van der Waals surface area contributed by atoms with Crippen molar-refractivity contribution in [1.82, 2.24) is 10.6 Å². The molecular formula is C31H39N7. The average Bonchev–Trinajstić information content (AvgIpc) is 2.86. The third-order valence-electron chi connectivity index (χ3n) is 7.25. The molecule has 0 bridgehead atoms. The molecule has 7 heteroatoms. The van der Waals surface area contributed by atoms with E-state index < -0.39 is 0 Å². The molecule has 0 amide bonds. The molecule has 0 aliphatic heterocycles. The number of rotatable bonds is 10. The Bertz CT molecular complexity index is 1220. The number of nitrogens with zero attached hydrogens (tertiary/aromatic N) is 5. The molecule has 0 aromatic carbocycles. The Morgan fingerprint density at radius 3 is 1.58 bits per heavy atom. The van der Waals surface area contributed by atoms with Gasteiger partial charge < -0.3 is 10.6 Å². The fraction of sp³-hybridized carbons (Fsp3) is 0.581. The summed E-state index contributed by atoms with van der Waals surface area (Å²) in [5.74, 6) is 0. The van der Waals surface area contributed by atoms with E-state index in [2.05, 4.69) is 63.5 Å². The SMILES string of the molecule is CCC1=C(NCCCCCCNC2=C(C#N)C(=C(C#N)C#N)CC(C)(C)C2)CC(C)(C)CC1=C(C#N)C#N. The molecule has 198 valence electrons. The summed E-state index contributed by atoms with van der Waals surface area (Å²) in [6.45, 7) is 12.2. The smallest absolute Gasteiger partial charge is 0.134 e. The summed E-state index contributed by atoms with van der Waals surface area (Å²) in [5, 5.41) is 54.3. The highest BCUT2D eigenvalue weighted by Gasteiger charge is 2.33. The van der Waals surface area contributed by atoms with Crippen molar-refractivity contribution in [2.24, 2.45) is 10.8 Å². The number of hydrogen-bond donors (Lipinski definition) is 2. The summed E-state index contributed by atoms with van der Waals surface area (Å²) in [7, 11) is 0. The van der Waals surface area contributed by atoms with Crippen molar-refractivity contribution < 1.29 is 0 Å². The minimum Gasteiger partial charge on any atom is -0.388 e. The summed E-state index contributed by atoms with van der Waals surface area (Å²) in [5.41, 5.74) is 5.16. The number of allylic oxidation sites excluding steroid dienone is 8. The van der Waals surface area contributed by atoms with Crippen LogP contribution in [0.25, 0.3) is 0 Å². The van der Waals surface area contributed by atoms with Crippen LogP contribution in [0.3, 0.4) is 0 Å². The summed E-state index contributed by atoms with van der Waals surface area (Å²) in [4.78, 5) is 0. The second kappa shape index (κ2) is 13.5. The Hall–Kier alpha value is -3.99. The van der Waals surface area contributed by atoms with Gasteiger partial charge >= 0.3 is 0 Å². The predicted molar refractivity (Wildman–Crippen MR) is 147 cm³/mol. The van der Waals surface area contributed by atoms with Gasteiger partial charge in [0.2, 0.25) is 0 Å². The van der Waals surface area contributed by atoms with Gasteiger partial charge in [-0.1, -0.05) is 47.5 Å². The third kappa shape index (κ3) is 7.75. The van der Waals surface area contributed by atoms with E-state index in [1.807, 2.05) is 12.1 Å². The molecule has 0 aromatic heterocycles. The maximum atomic E-state index is 9.75. The monoisotopic (exact) mass is 509 g/mol. The van der Waals surface area contributed by atoms with Crippen LogP contribution >= 0.6 is 0 Å². The first kappa shape index (κ1) is 30.2. The van der Waals surface area contributed by atoms with Crippen LogP contribution in [-0.4, -0.2) is 13.1 Å². The van der Waals surface area contributed by atoms with Crippen molar-refractivity contribution in [1.29, 1.82) is 26.3 Å². The molecule has 0 radical (unpaired) electrons. The Morgan fingerprint density at radius 2 is 1.11 bits per heavy atom.